The molecule has 0 saturated carbocycles. The molecule has 0 bridgehead atoms. The monoisotopic (exact) mass is 595 g/mol. The van der Waals surface area contributed by atoms with Crippen LogP contribution in [0.4, 0.5) is 5.69 Å². The summed E-state index contributed by atoms with van der Waals surface area (Å²) in [5, 5.41) is 14.0. The number of halogens is 1. The summed E-state index contributed by atoms with van der Waals surface area (Å²) < 4.78 is 12.4. The molecule has 1 aliphatic heterocycles. The Morgan fingerprint density at radius 2 is 2.00 bits per heavy atom. The van der Waals surface area contributed by atoms with Crippen LogP contribution in [0.2, 0.25) is 0 Å². The Bertz CT molecular complexity index is 1500. The number of aryl methyl sites for hydroxylation is 2. The fraction of sp³-hybridized carbons (Fsp3) is 0.379. The summed E-state index contributed by atoms with van der Waals surface area (Å²) in [5.41, 5.74) is 5.11. The maximum absolute atomic E-state index is 12.9. The van der Waals surface area contributed by atoms with E-state index in [-0.39, 0.29) is 12.1 Å². The Morgan fingerprint density at radius 1 is 1.18 bits per heavy atom. The summed E-state index contributed by atoms with van der Waals surface area (Å²) in [6.45, 7) is 9.36. The molecule has 0 amide bonds. The molecule has 4 N–H and O–H groups in total. The van der Waals surface area contributed by atoms with E-state index < -0.39 is 6.10 Å². The molecule has 2 aromatic carbocycles. The van der Waals surface area contributed by atoms with Gasteiger partial charge in [0.2, 0.25) is 0 Å². The molecular formula is C29H34BrN5O4. The number of aromatic nitrogens is 3. The molecule has 1 atom stereocenters. The summed E-state index contributed by atoms with van der Waals surface area (Å²) in [7, 11) is 0. The highest BCUT2D eigenvalue weighted by molar-refractivity contribution is 9.10. The van der Waals surface area contributed by atoms with Crippen molar-refractivity contribution in [3.8, 4) is 17.1 Å². The SMILES string of the molecule is Cc1ccc(C(O)CNc2cc[nH]c(=O)c2-c2nc3c(C)cc(OCCCN4CCOCC4)cc3[nH]2)cc1Br. The lowest BCUT2D eigenvalue weighted by molar-refractivity contribution is 0.0358. The zero-order chi connectivity index (χ0) is 27.4. The van der Waals surface area contributed by atoms with Crippen LogP contribution < -0.4 is 15.6 Å². The maximum Gasteiger partial charge on any atom is 0.261 e. The average molecular weight is 597 g/mol. The number of hydrogen-bond acceptors (Lipinski definition) is 7. The van der Waals surface area contributed by atoms with Gasteiger partial charge in [-0.1, -0.05) is 28.1 Å². The first kappa shape index (κ1) is 27.4. The first-order valence-electron chi connectivity index (χ1n) is 13.2. The van der Waals surface area contributed by atoms with E-state index in [2.05, 4.69) is 36.1 Å². The largest absolute Gasteiger partial charge is 0.493 e. The number of pyridine rings is 1. The molecular weight excluding hydrogens is 562 g/mol. The maximum atomic E-state index is 12.9. The number of benzene rings is 2. The van der Waals surface area contributed by atoms with Gasteiger partial charge in [0.05, 0.1) is 42.6 Å². The zero-order valence-electron chi connectivity index (χ0n) is 22.2. The van der Waals surface area contributed by atoms with Crippen molar-refractivity contribution in [1.29, 1.82) is 0 Å². The van der Waals surface area contributed by atoms with Gasteiger partial charge >= 0.3 is 0 Å². The van der Waals surface area contributed by atoms with Crippen molar-refractivity contribution in [1.82, 2.24) is 19.9 Å². The summed E-state index contributed by atoms with van der Waals surface area (Å²) in [6, 6.07) is 11.4. The Hall–Kier alpha value is -3.18. The van der Waals surface area contributed by atoms with Crippen LogP contribution in [0.3, 0.4) is 0 Å². The van der Waals surface area contributed by atoms with Gasteiger partial charge in [-0.3, -0.25) is 9.69 Å². The molecule has 4 aromatic rings. The predicted molar refractivity (Wildman–Crippen MR) is 157 cm³/mol. The van der Waals surface area contributed by atoms with Gasteiger partial charge in [-0.05, 0) is 55.2 Å². The molecule has 1 fully saturated rings. The molecule has 1 unspecified atom stereocenters. The van der Waals surface area contributed by atoms with Crippen LogP contribution in [0.15, 0.2) is 51.9 Å². The van der Waals surface area contributed by atoms with Gasteiger partial charge < -0.3 is 29.9 Å². The number of anilines is 1. The Balaban J connectivity index is 1.30. The number of aliphatic hydroxyl groups is 1. The van der Waals surface area contributed by atoms with Gasteiger partial charge in [-0.2, -0.15) is 0 Å². The fourth-order valence-electron chi connectivity index (χ4n) is 4.76. The molecule has 3 heterocycles. The minimum Gasteiger partial charge on any atom is -0.493 e. The Labute approximate surface area is 235 Å². The Morgan fingerprint density at radius 3 is 2.79 bits per heavy atom. The number of aliphatic hydroxyl groups excluding tert-OH is 1. The third-order valence-electron chi connectivity index (χ3n) is 7.01. The normalized spacial score (nSPS) is 15.0. The molecule has 2 aromatic heterocycles. The number of aromatic amines is 2. The highest BCUT2D eigenvalue weighted by atomic mass is 79.9. The highest BCUT2D eigenvalue weighted by Gasteiger charge is 2.18. The lowest BCUT2D eigenvalue weighted by Gasteiger charge is -2.26. The number of ether oxygens (including phenoxy) is 2. The highest BCUT2D eigenvalue weighted by Crippen LogP contribution is 2.29. The molecule has 206 valence electrons. The van der Waals surface area contributed by atoms with Crippen LogP contribution in [-0.2, 0) is 4.74 Å². The van der Waals surface area contributed by atoms with Crippen LogP contribution in [-0.4, -0.2) is 71.0 Å². The second-order valence-electron chi connectivity index (χ2n) is 9.88. The molecule has 0 aliphatic carbocycles. The van der Waals surface area contributed by atoms with Crippen molar-refractivity contribution in [3.05, 3.63) is 74.1 Å². The molecule has 5 rings (SSSR count). The second kappa shape index (κ2) is 12.3. The van der Waals surface area contributed by atoms with Crippen molar-refractivity contribution in [3.63, 3.8) is 0 Å². The third-order valence-corrected chi connectivity index (χ3v) is 7.86. The van der Waals surface area contributed by atoms with E-state index in [1.165, 1.54) is 0 Å². The molecule has 1 aliphatic rings. The summed E-state index contributed by atoms with van der Waals surface area (Å²) in [5.74, 6) is 1.22. The number of nitrogens with zero attached hydrogens (tertiary/aromatic N) is 2. The smallest absolute Gasteiger partial charge is 0.261 e. The van der Waals surface area contributed by atoms with Gasteiger partial charge in [0.15, 0.2) is 0 Å². The number of H-pyrrole nitrogens is 2. The molecule has 1 saturated heterocycles. The van der Waals surface area contributed by atoms with E-state index >= 15 is 0 Å². The first-order valence-corrected chi connectivity index (χ1v) is 14.0. The van der Waals surface area contributed by atoms with Crippen LogP contribution in [0, 0.1) is 13.8 Å². The van der Waals surface area contributed by atoms with E-state index in [1.54, 1.807) is 12.3 Å². The van der Waals surface area contributed by atoms with E-state index in [0.29, 0.717) is 23.7 Å². The summed E-state index contributed by atoms with van der Waals surface area (Å²) >= 11 is 3.52. The standard InChI is InChI=1S/C29H34BrN5O4/c1-18-4-5-20(15-22(18)30)25(36)17-32-23-6-7-31-29(37)26(23)28-33-24-16-21(14-19(2)27(24)34-28)39-11-3-8-35-9-12-38-13-10-35/h4-7,14-16,25,36H,3,8-13,17H2,1-2H3,(H,33,34)(H2,31,32,37). The lowest BCUT2D eigenvalue weighted by Crippen LogP contribution is -2.37. The quantitative estimate of drug-likeness (QED) is 0.199. The van der Waals surface area contributed by atoms with Crippen molar-refractivity contribution in [2.24, 2.45) is 0 Å². The summed E-state index contributed by atoms with van der Waals surface area (Å²) in [4.78, 5) is 26.1. The molecule has 9 nitrogen and oxygen atoms in total. The zero-order valence-corrected chi connectivity index (χ0v) is 23.8. The van der Waals surface area contributed by atoms with E-state index in [1.807, 2.05) is 44.2 Å². The minimum atomic E-state index is -0.755. The van der Waals surface area contributed by atoms with E-state index in [9.17, 15) is 9.90 Å². The summed E-state index contributed by atoms with van der Waals surface area (Å²) in [6.07, 6.45) is 1.76. The number of rotatable bonds is 10. The van der Waals surface area contributed by atoms with Gasteiger partial charge in [-0.15, -0.1) is 0 Å². The molecule has 39 heavy (non-hydrogen) atoms. The van der Waals surface area contributed by atoms with Gasteiger partial charge in [-0.25, -0.2) is 4.98 Å². The number of hydrogen-bond donors (Lipinski definition) is 4. The molecule has 0 radical (unpaired) electrons. The molecule has 0 spiro atoms. The van der Waals surface area contributed by atoms with Gasteiger partial charge in [0.1, 0.15) is 17.1 Å². The first-order chi connectivity index (χ1) is 18.9. The number of imidazole rings is 1. The van der Waals surface area contributed by atoms with E-state index in [4.69, 9.17) is 14.5 Å². The predicted octanol–water partition coefficient (Wildman–Crippen LogP) is 4.54. The topological polar surface area (TPSA) is 116 Å². The van der Waals surface area contributed by atoms with Crippen LogP contribution in [0.1, 0.15) is 29.2 Å². The van der Waals surface area contributed by atoms with Crippen LogP contribution >= 0.6 is 15.9 Å². The van der Waals surface area contributed by atoms with Crippen molar-refractivity contribution in [2.75, 3.05) is 51.3 Å². The van der Waals surface area contributed by atoms with Crippen LogP contribution in [0.25, 0.3) is 22.4 Å². The van der Waals surface area contributed by atoms with Crippen molar-refractivity contribution >= 4 is 32.7 Å². The fourth-order valence-corrected chi connectivity index (χ4v) is 5.16. The van der Waals surface area contributed by atoms with Crippen molar-refractivity contribution < 1.29 is 14.6 Å². The van der Waals surface area contributed by atoms with Crippen LogP contribution in [0.5, 0.6) is 5.75 Å². The average Bonchev–Trinajstić information content (AvgIpc) is 3.36. The van der Waals surface area contributed by atoms with Gasteiger partial charge in [0.25, 0.3) is 5.56 Å². The lowest BCUT2D eigenvalue weighted by atomic mass is 10.1. The Kier molecular flexibility index (Phi) is 8.66. The number of morpholine rings is 1. The minimum absolute atomic E-state index is 0.230. The number of fused-ring (bicyclic) bond motifs is 1. The third kappa shape index (κ3) is 6.52. The van der Waals surface area contributed by atoms with Crippen molar-refractivity contribution in [2.45, 2.75) is 26.4 Å². The number of nitrogens with one attached hydrogen (secondary N) is 3. The molecule has 10 heteroatoms. The van der Waals surface area contributed by atoms with E-state index in [0.717, 1.165) is 77.2 Å². The van der Waals surface area contributed by atoms with Gasteiger partial charge in [0, 0.05) is 42.9 Å². The second-order valence-corrected chi connectivity index (χ2v) is 10.7.